The molecule has 1 aromatic carbocycles. The van der Waals surface area contributed by atoms with Gasteiger partial charge in [0.1, 0.15) is 6.54 Å². The summed E-state index contributed by atoms with van der Waals surface area (Å²) < 4.78 is 0. The average molecular weight is 352 g/mol. The first-order chi connectivity index (χ1) is 11.5. The Balaban J connectivity index is 1.90. The molecular formula is C15H18ClN5O3. The number of amides is 1. The fourth-order valence-electron chi connectivity index (χ4n) is 2.11. The molecule has 2 N–H and O–H groups in total. The highest BCUT2D eigenvalue weighted by atomic mass is 35.5. The summed E-state index contributed by atoms with van der Waals surface area (Å²) in [6.07, 6.45) is 1.25. The van der Waals surface area contributed by atoms with E-state index < -0.39 is 11.9 Å². The van der Waals surface area contributed by atoms with Gasteiger partial charge in [0.2, 0.25) is 11.7 Å². The Hall–Kier alpha value is -2.48. The maximum atomic E-state index is 11.9. The van der Waals surface area contributed by atoms with E-state index in [1.807, 2.05) is 6.92 Å². The highest BCUT2D eigenvalue weighted by Crippen LogP contribution is 2.16. The van der Waals surface area contributed by atoms with Crippen LogP contribution in [0.25, 0.3) is 11.4 Å². The minimum Gasteiger partial charge on any atom is -0.481 e. The molecule has 0 fully saturated rings. The van der Waals surface area contributed by atoms with Crippen molar-refractivity contribution in [1.82, 2.24) is 25.5 Å². The lowest BCUT2D eigenvalue weighted by molar-refractivity contribution is -0.141. The van der Waals surface area contributed by atoms with Crippen LogP contribution in [0.4, 0.5) is 0 Å². The fraction of sp³-hybridized carbons (Fsp3) is 0.400. The molecule has 0 aliphatic rings. The number of tetrazole rings is 1. The normalized spacial score (nSPS) is 11.9. The molecule has 1 heterocycles. The van der Waals surface area contributed by atoms with E-state index in [-0.39, 0.29) is 19.0 Å². The van der Waals surface area contributed by atoms with Crippen LogP contribution in [0.15, 0.2) is 24.3 Å². The number of aromatic nitrogens is 4. The summed E-state index contributed by atoms with van der Waals surface area (Å²) >= 11 is 5.82. The first-order valence-electron chi connectivity index (χ1n) is 7.53. The summed E-state index contributed by atoms with van der Waals surface area (Å²) in [5, 5.41) is 24.1. The maximum absolute atomic E-state index is 11.9. The van der Waals surface area contributed by atoms with Crippen molar-refractivity contribution in [1.29, 1.82) is 0 Å². The fourth-order valence-corrected chi connectivity index (χ4v) is 2.23. The molecule has 1 aromatic heterocycles. The van der Waals surface area contributed by atoms with Gasteiger partial charge in [-0.3, -0.25) is 9.59 Å². The molecular weight excluding hydrogens is 334 g/mol. The smallest absolute Gasteiger partial charge is 0.308 e. The Labute approximate surface area is 143 Å². The molecule has 0 bridgehead atoms. The minimum absolute atomic E-state index is 0.0841. The molecule has 0 radical (unpaired) electrons. The van der Waals surface area contributed by atoms with Gasteiger partial charge in [-0.1, -0.05) is 24.9 Å². The second kappa shape index (κ2) is 8.39. The van der Waals surface area contributed by atoms with Crippen LogP contribution in [0.1, 0.15) is 19.8 Å². The number of rotatable bonds is 8. The third kappa shape index (κ3) is 5.02. The van der Waals surface area contributed by atoms with E-state index in [0.29, 0.717) is 17.3 Å². The Bertz CT molecular complexity index is 701. The Morgan fingerprint density at radius 1 is 1.33 bits per heavy atom. The molecule has 2 aromatic rings. The highest BCUT2D eigenvalue weighted by Gasteiger charge is 2.17. The van der Waals surface area contributed by atoms with Gasteiger partial charge in [-0.05, 0) is 35.9 Å². The predicted octanol–water partition coefficient (Wildman–Crippen LogP) is 1.61. The zero-order valence-corrected chi connectivity index (χ0v) is 13.9. The number of nitrogens with one attached hydrogen (secondary N) is 1. The van der Waals surface area contributed by atoms with Gasteiger partial charge >= 0.3 is 5.97 Å². The molecule has 0 aliphatic carbocycles. The quantitative estimate of drug-likeness (QED) is 0.747. The van der Waals surface area contributed by atoms with Crippen LogP contribution in [0.2, 0.25) is 5.02 Å². The highest BCUT2D eigenvalue weighted by molar-refractivity contribution is 6.30. The van der Waals surface area contributed by atoms with Crippen molar-refractivity contribution < 1.29 is 14.7 Å². The van der Waals surface area contributed by atoms with Crippen LogP contribution >= 0.6 is 11.6 Å². The topological polar surface area (TPSA) is 110 Å². The zero-order valence-electron chi connectivity index (χ0n) is 13.1. The van der Waals surface area contributed by atoms with Gasteiger partial charge in [-0.2, -0.15) is 4.80 Å². The molecule has 9 heteroatoms. The number of hydrogen-bond acceptors (Lipinski definition) is 5. The lowest BCUT2D eigenvalue weighted by Gasteiger charge is -2.11. The summed E-state index contributed by atoms with van der Waals surface area (Å²) in [4.78, 5) is 24.1. The number of carbonyl (C=O) groups excluding carboxylic acids is 1. The zero-order chi connectivity index (χ0) is 17.5. The van der Waals surface area contributed by atoms with Crippen LogP contribution < -0.4 is 5.32 Å². The largest absolute Gasteiger partial charge is 0.481 e. The van der Waals surface area contributed by atoms with Gasteiger partial charge < -0.3 is 10.4 Å². The monoisotopic (exact) mass is 351 g/mol. The molecule has 0 aliphatic heterocycles. The molecule has 1 unspecified atom stereocenters. The molecule has 128 valence electrons. The van der Waals surface area contributed by atoms with Gasteiger partial charge in [-0.25, -0.2) is 0 Å². The molecule has 0 spiro atoms. The third-order valence-corrected chi connectivity index (χ3v) is 3.62. The molecule has 8 nitrogen and oxygen atoms in total. The summed E-state index contributed by atoms with van der Waals surface area (Å²) in [6.45, 7) is 1.86. The first-order valence-corrected chi connectivity index (χ1v) is 7.90. The molecule has 1 amide bonds. The summed E-state index contributed by atoms with van der Waals surface area (Å²) in [6, 6.07) is 6.94. The second-order valence-electron chi connectivity index (χ2n) is 5.28. The predicted molar refractivity (Wildman–Crippen MR) is 87.3 cm³/mol. The van der Waals surface area contributed by atoms with E-state index in [9.17, 15) is 9.59 Å². The molecule has 0 saturated carbocycles. The van der Waals surface area contributed by atoms with Crippen molar-refractivity contribution >= 4 is 23.5 Å². The molecule has 24 heavy (non-hydrogen) atoms. The number of carbonyl (C=O) groups is 2. The number of halogens is 1. The number of aliphatic carboxylic acids is 1. The number of benzene rings is 1. The van der Waals surface area contributed by atoms with Gasteiger partial charge in [-0.15, -0.1) is 10.2 Å². The minimum atomic E-state index is -0.916. The first kappa shape index (κ1) is 17.9. The molecule has 2 rings (SSSR count). The van der Waals surface area contributed by atoms with Crippen molar-refractivity contribution in [3.8, 4) is 11.4 Å². The number of carboxylic acid groups (broad SMARTS) is 1. The number of nitrogens with zero attached hydrogens (tertiary/aromatic N) is 4. The maximum Gasteiger partial charge on any atom is 0.308 e. The lowest BCUT2D eigenvalue weighted by atomic mass is 10.0. The van der Waals surface area contributed by atoms with Gasteiger partial charge in [0.05, 0.1) is 5.92 Å². The Morgan fingerprint density at radius 2 is 2.04 bits per heavy atom. The van der Waals surface area contributed by atoms with Crippen molar-refractivity contribution in [2.75, 3.05) is 6.54 Å². The van der Waals surface area contributed by atoms with Crippen molar-refractivity contribution in [3.05, 3.63) is 29.3 Å². The van der Waals surface area contributed by atoms with E-state index in [1.165, 1.54) is 0 Å². The van der Waals surface area contributed by atoms with Crippen molar-refractivity contribution in [2.45, 2.75) is 26.3 Å². The van der Waals surface area contributed by atoms with E-state index in [0.717, 1.165) is 16.8 Å². The van der Waals surface area contributed by atoms with Crippen LogP contribution in [-0.2, 0) is 16.1 Å². The van der Waals surface area contributed by atoms with Crippen LogP contribution in [-0.4, -0.2) is 43.7 Å². The van der Waals surface area contributed by atoms with Crippen molar-refractivity contribution in [2.24, 2.45) is 5.92 Å². The van der Waals surface area contributed by atoms with Crippen LogP contribution in [0, 0.1) is 5.92 Å². The molecule has 1 atom stereocenters. The number of hydrogen-bond donors (Lipinski definition) is 2. The standard InChI is InChI=1S/C15H18ClN5O3/c1-2-3-11(15(23)24)8-17-13(22)9-21-19-14(18-20-21)10-4-6-12(16)7-5-10/h4-7,11H,2-3,8-9H2,1H3,(H,17,22)(H,23,24). The van der Waals surface area contributed by atoms with E-state index >= 15 is 0 Å². The summed E-state index contributed by atoms with van der Waals surface area (Å²) in [5.74, 6) is -1.49. The number of carboxylic acids is 1. The average Bonchev–Trinajstić information content (AvgIpc) is 3.00. The third-order valence-electron chi connectivity index (χ3n) is 3.37. The van der Waals surface area contributed by atoms with E-state index in [2.05, 4.69) is 20.7 Å². The van der Waals surface area contributed by atoms with E-state index in [1.54, 1.807) is 24.3 Å². The lowest BCUT2D eigenvalue weighted by Crippen LogP contribution is -2.35. The molecule has 0 saturated heterocycles. The Kier molecular flexibility index (Phi) is 6.25. The SMILES string of the molecule is CCCC(CNC(=O)Cn1nnc(-c2ccc(Cl)cc2)n1)C(=O)O. The second-order valence-corrected chi connectivity index (χ2v) is 5.71. The van der Waals surface area contributed by atoms with Crippen LogP contribution in [0.5, 0.6) is 0 Å². The van der Waals surface area contributed by atoms with Crippen LogP contribution in [0.3, 0.4) is 0 Å². The van der Waals surface area contributed by atoms with Gasteiger partial charge in [0.15, 0.2) is 0 Å². The summed E-state index contributed by atoms with van der Waals surface area (Å²) in [7, 11) is 0. The van der Waals surface area contributed by atoms with Gasteiger partial charge in [0, 0.05) is 17.1 Å². The van der Waals surface area contributed by atoms with Crippen molar-refractivity contribution in [3.63, 3.8) is 0 Å². The Morgan fingerprint density at radius 3 is 2.67 bits per heavy atom. The van der Waals surface area contributed by atoms with E-state index in [4.69, 9.17) is 16.7 Å². The van der Waals surface area contributed by atoms with Gasteiger partial charge in [0.25, 0.3) is 0 Å². The summed E-state index contributed by atoms with van der Waals surface area (Å²) in [5.41, 5.74) is 0.736.